The zero-order valence-electron chi connectivity index (χ0n) is 11.8. The van der Waals surface area contributed by atoms with Crippen molar-refractivity contribution in [3.8, 4) is 0 Å². The molecular formula is C15H25N3. The van der Waals surface area contributed by atoms with Crippen LogP contribution in [0.3, 0.4) is 0 Å². The van der Waals surface area contributed by atoms with Crippen LogP contribution in [0.4, 0.5) is 0 Å². The van der Waals surface area contributed by atoms with Gasteiger partial charge in [0, 0.05) is 43.6 Å². The van der Waals surface area contributed by atoms with Gasteiger partial charge in [-0.3, -0.25) is 9.88 Å². The largest absolute Gasteiger partial charge is 0.311 e. The van der Waals surface area contributed by atoms with E-state index in [-0.39, 0.29) is 5.54 Å². The Morgan fingerprint density at radius 3 is 3.00 bits per heavy atom. The van der Waals surface area contributed by atoms with Crippen LogP contribution in [0.5, 0.6) is 0 Å². The van der Waals surface area contributed by atoms with Gasteiger partial charge in [-0.2, -0.15) is 0 Å². The van der Waals surface area contributed by atoms with E-state index in [1.165, 1.54) is 18.4 Å². The summed E-state index contributed by atoms with van der Waals surface area (Å²) in [4.78, 5) is 6.80. The van der Waals surface area contributed by atoms with Gasteiger partial charge in [-0.05, 0) is 31.9 Å². The molecule has 2 rings (SSSR count). The number of hydrogen-bond acceptors (Lipinski definition) is 3. The average molecular weight is 247 g/mol. The van der Waals surface area contributed by atoms with Crippen LogP contribution in [0.25, 0.3) is 0 Å². The van der Waals surface area contributed by atoms with Crippen molar-refractivity contribution in [1.82, 2.24) is 15.2 Å². The minimum absolute atomic E-state index is 0.222. The maximum atomic E-state index is 4.21. The Balaban J connectivity index is 2.03. The fraction of sp³-hybridized carbons (Fsp3) is 0.667. The van der Waals surface area contributed by atoms with E-state index in [2.05, 4.69) is 42.0 Å². The number of piperazine rings is 1. The van der Waals surface area contributed by atoms with E-state index in [0.29, 0.717) is 6.04 Å². The van der Waals surface area contributed by atoms with Crippen LogP contribution in [0.2, 0.25) is 0 Å². The second kappa shape index (κ2) is 5.81. The summed E-state index contributed by atoms with van der Waals surface area (Å²) in [6, 6.07) is 4.83. The molecule has 0 bridgehead atoms. The second-order valence-corrected chi connectivity index (χ2v) is 5.92. The van der Waals surface area contributed by atoms with Crippen molar-refractivity contribution in [2.45, 2.75) is 51.7 Å². The van der Waals surface area contributed by atoms with Crippen LogP contribution >= 0.6 is 0 Å². The quantitative estimate of drug-likeness (QED) is 0.885. The lowest BCUT2D eigenvalue weighted by Crippen LogP contribution is -2.61. The van der Waals surface area contributed by atoms with Gasteiger partial charge in [0.05, 0.1) is 0 Å². The van der Waals surface area contributed by atoms with Crippen LogP contribution in [0.1, 0.15) is 39.2 Å². The van der Waals surface area contributed by atoms with Gasteiger partial charge < -0.3 is 5.32 Å². The molecule has 1 aliphatic rings. The molecule has 0 saturated carbocycles. The summed E-state index contributed by atoms with van der Waals surface area (Å²) in [7, 11) is 0. The normalized spacial score (nSPS) is 24.1. The minimum Gasteiger partial charge on any atom is -0.311 e. The van der Waals surface area contributed by atoms with Crippen molar-refractivity contribution in [3.05, 3.63) is 30.1 Å². The fourth-order valence-electron chi connectivity index (χ4n) is 2.62. The highest BCUT2D eigenvalue weighted by atomic mass is 15.3. The average Bonchev–Trinajstić information content (AvgIpc) is 2.35. The number of nitrogens with one attached hydrogen (secondary N) is 1. The molecule has 0 amide bonds. The molecule has 100 valence electrons. The molecule has 1 aliphatic heterocycles. The summed E-state index contributed by atoms with van der Waals surface area (Å²) in [5.74, 6) is 0. The molecule has 1 aromatic heterocycles. The van der Waals surface area contributed by atoms with Gasteiger partial charge >= 0.3 is 0 Å². The van der Waals surface area contributed by atoms with Gasteiger partial charge in [-0.25, -0.2) is 0 Å². The molecule has 2 heterocycles. The van der Waals surface area contributed by atoms with E-state index in [0.717, 1.165) is 19.6 Å². The van der Waals surface area contributed by atoms with Crippen molar-refractivity contribution in [2.75, 3.05) is 13.1 Å². The minimum atomic E-state index is 0.222. The first-order valence-corrected chi connectivity index (χ1v) is 6.99. The third kappa shape index (κ3) is 3.30. The Kier molecular flexibility index (Phi) is 4.36. The van der Waals surface area contributed by atoms with Crippen LogP contribution < -0.4 is 5.32 Å². The van der Waals surface area contributed by atoms with Gasteiger partial charge in [-0.1, -0.05) is 19.4 Å². The van der Waals surface area contributed by atoms with E-state index >= 15 is 0 Å². The summed E-state index contributed by atoms with van der Waals surface area (Å²) in [5.41, 5.74) is 1.53. The Hall–Kier alpha value is -0.930. The van der Waals surface area contributed by atoms with Gasteiger partial charge in [0.15, 0.2) is 0 Å². The van der Waals surface area contributed by atoms with Crippen molar-refractivity contribution in [3.63, 3.8) is 0 Å². The van der Waals surface area contributed by atoms with Crippen LogP contribution in [-0.4, -0.2) is 34.6 Å². The topological polar surface area (TPSA) is 28.2 Å². The monoisotopic (exact) mass is 247 g/mol. The summed E-state index contributed by atoms with van der Waals surface area (Å²) in [5, 5.41) is 3.67. The Morgan fingerprint density at radius 2 is 2.33 bits per heavy atom. The molecule has 3 heteroatoms. The summed E-state index contributed by atoms with van der Waals surface area (Å²) in [6.45, 7) is 10.1. The smallest absolute Gasteiger partial charge is 0.0312 e. The predicted molar refractivity (Wildman–Crippen MR) is 75.4 cm³/mol. The molecule has 0 radical (unpaired) electrons. The maximum absolute atomic E-state index is 4.21. The molecule has 1 fully saturated rings. The first-order chi connectivity index (χ1) is 8.62. The second-order valence-electron chi connectivity index (χ2n) is 5.92. The molecule has 1 saturated heterocycles. The standard InChI is InChI=1S/C15H25N3/c1-4-6-14-11-18(15(2,3)12-17-14)10-13-7-5-8-16-9-13/h5,7-9,14,17H,4,6,10-12H2,1-3H3. The van der Waals surface area contributed by atoms with Gasteiger partial charge in [-0.15, -0.1) is 0 Å². The fourth-order valence-corrected chi connectivity index (χ4v) is 2.62. The Bertz CT molecular complexity index is 361. The number of aromatic nitrogens is 1. The van der Waals surface area contributed by atoms with Crippen LogP contribution in [-0.2, 0) is 6.54 Å². The zero-order valence-corrected chi connectivity index (χ0v) is 11.8. The third-order valence-corrected chi connectivity index (χ3v) is 3.85. The van der Waals surface area contributed by atoms with Crippen LogP contribution in [0, 0.1) is 0 Å². The first-order valence-electron chi connectivity index (χ1n) is 6.99. The summed E-state index contributed by atoms with van der Waals surface area (Å²) >= 11 is 0. The molecule has 1 aromatic rings. The molecule has 18 heavy (non-hydrogen) atoms. The lowest BCUT2D eigenvalue weighted by atomic mass is 9.95. The molecular weight excluding hydrogens is 222 g/mol. The summed E-state index contributed by atoms with van der Waals surface area (Å²) < 4.78 is 0. The molecule has 0 aromatic carbocycles. The number of rotatable bonds is 4. The van der Waals surface area contributed by atoms with Crippen molar-refractivity contribution >= 4 is 0 Å². The highest BCUT2D eigenvalue weighted by Crippen LogP contribution is 2.22. The van der Waals surface area contributed by atoms with Crippen molar-refractivity contribution in [1.29, 1.82) is 0 Å². The van der Waals surface area contributed by atoms with Gasteiger partial charge in [0.25, 0.3) is 0 Å². The number of nitrogens with zero attached hydrogens (tertiary/aromatic N) is 2. The molecule has 0 aliphatic carbocycles. The van der Waals surface area contributed by atoms with E-state index in [4.69, 9.17) is 0 Å². The lowest BCUT2D eigenvalue weighted by Gasteiger charge is -2.46. The first kappa shape index (κ1) is 13.5. The van der Waals surface area contributed by atoms with Crippen LogP contribution in [0.15, 0.2) is 24.5 Å². The molecule has 1 N–H and O–H groups in total. The lowest BCUT2D eigenvalue weighted by molar-refractivity contribution is 0.0563. The SMILES string of the molecule is CCCC1CN(Cc2cccnc2)C(C)(C)CN1. The highest BCUT2D eigenvalue weighted by Gasteiger charge is 2.33. The maximum Gasteiger partial charge on any atom is 0.0312 e. The van der Waals surface area contributed by atoms with E-state index < -0.39 is 0 Å². The van der Waals surface area contributed by atoms with E-state index in [1.807, 2.05) is 18.5 Å². The van der Waals surface area contributed by atoms with Gasteiger partial charge in [0.1, 0.15) is 0 Å². The van der Waals surface area contributed by atoms with E-state index in [1.54, 1.807) is 0 Å². The molecule has 1 atom stereocenters. The Morgan fingerprint density at radius 1 is 1.50 bits per heavy atom. The molecule has 0 spiro atoms. The van der Waals surface area contributed by atoms with E-state index in [9.17, 15) is 0 Å². The van der Waals surface area contributed by atoms with Crippen molar-refractivity contribution < 1.29 is 0 Å². The molecule has 1 unspecified atom stereocenters. The van der Waals surface area contributed by atoms with Crippen molar-refractivity contribution in [2.24, 2.45) is 0 Å². The number of hydrogen-bond donors (Lipinski definition) is 1. The predicted octanol–water partition coefficient (Wildman–Crippen LogP) is 2.43. The highest BCUT2D eigenvalue weighted by molar-refractivity contribution is 5.09. The third-order valence-electron chi connectivity index (χ3n) is 3.85. The molecule has 3 nitrogen and oxygen atoms in total. The summed E-state index contributed by atoms with van der Waals surface area (Å²) in [6.07, 6.45) is 6.33. The Labute approximate surface area is 111 Å². The van der Waals surface area contributed by atoms with Gasteiger partial charge in [0.2, 0.25) is 0 Å². The zero-order chi connectivity index (χ0) is 13.0. The number of pyridine rings is 1.